The number of esters is 1. The second kappa shape index (κ2) is 12.0. The second-order valence-corrected chi connectivity index (χ2v) is 6.92. The fraction of sp³-hybridized carbons (Fsp3) is 0.667. The number of unbranched alkanes of at least 4 members (excludes halogenated alkanes) is 6. The first-order chi connectivity index (χ1) is 12.8. The maximum atomic E-state index is 13.8. The molecule has 1 rings (SSSR count). The first-order valence-corrected chi connectivity index (χ1v) is 9.87. The SMILES string of the molecule is CCCCCCCCCC(CCC)OC(=O)c1cc(C(F)(F)F)ccc1F. The monoisotopic (exact) mass is 390 g/mol. The van der Waals surface area contributed by atoms with Crippen molar-refractivity contribution in [2.24, 2.45) is 0 Å². The van der Waals surface area contributed by atoms with Crippen molar-refractivity contribution in [1.29, 1.82) is 0 Å². The summed E-state index contributed by atoms with van der Waals surface area (Å²) in [6, 6.07) is 1.80. The Bertz CT molecular complexity index is 570. The van der Waals surface area contributed by atoms with E-state index in [2.05, 4.69) is 6.92 Å². The van der Waals surface area contributed by atoms with Gasteiger partial charge in [0, 0.05) is 0 Å². The summed E-state index contributed by atoms with van der Waals surface area (Å²) in [4.78, 5) is 12.2. The predicted octanol–water partition coefficient (Wildman–Crippen LogP) is 7.31. The Morgan fingerprint density at radius 3 is 2.19 bits per heavy atom. The zero-order chi connectivity index (χ0) is 20.3. The van der Waals surface area contributed by atoms with Gasteiger partial charge in [0.15, 0.2) is 0 Å². The molecule has 0 fully saturated rings. The molecule has 1 unspecified atom stereocenters. The summed E-state index contributed by atoms with van der Waals surface area (Å²) in [6.07, 6.45) is 4.87. The van der Waals surface area contributed by atoms with Gasteiger partial charge in [-0.1, -0.05) is 58.8 Å². The molecule has 1 atom stereocenters. The Hall–Kier alpha value is -1.59. The first kappa shape index (κ1) is 23.4. The minimum absolute atomic E-state index is 0.396. The van der Waals surface area contributed by atoms with Gasteiger partial charge in [0.1, 0.15) is 11.9 Å². The molecule has 6 heteroatoms. The van der Waals surface area contributed by atoms with Crippen LogP contribution in [0.25, 0.3) is 0 Å². The lowest BCUT2D eigenvalue weighted by Crippen LogP contribution is -2.20. The number of hydrogen-bond donors (Lipinski definition) is 0. The van der Waals surface area contributed by atoms with Gasteiger partial charge in [-0.2, -0.15) is 13.2 Å². The Morgan fingerprint density at radius 2 is 1.59 bits per heavy atom. The maximum absolute atomic E-state index is 13.8. The van der Waals surface area contributed by atoms with E-state index in [0.29, 0.717) is 31.0 Å². The van der Waals surface area contributed by atoms with Crippen molar-refractivity contribution in [2.75, 3.05) is 0 Å². The Kier molecular flexibility index (Phi) is 10.4. The van der Waals surface area contributed by atoms with E-state index >= 15 is 0 Å². The van der Waals surface area contributed by atoms with Gasteiger partial charge in [0.25, 0.3) is 0 Å². The molecule has 0 saturated carbocycles. The third-order valence-electron chi connectivity index (χ3n) is 4.53. The number of ether oxygens (including phenoxy) is 1. The van der Waals surface area contributed by atoms with E-state index in [0.717, 1.165) is 25.7 Å². The highest BCUT2D eigenvalue weighted by Crippen LogP contribution is 2.30. The number of benzene rings is 1. The maximum Gasteiger partial charge on any atom is 0.416 e. The van der Waals surface area contributed by atoms with E-state index in [1.54, 1.807) is 0 Å². The number of rotatable bonds is 12. The van der Waals surface area contributed by atoms with E-state index in [9.17, 15) is 22.4 Å². The van der Waals surface area contributed by atoms with E-state index in [4.69, 9.17) is 4.74 Å². The van der Waals surface area contributed by atoms with Crippen molar-refractivity contribution in [3.8, 4) is 0 Å². The van der Waals surface area contributed by atoms with Crippen LogP contribution >= 0.6 is 0 Å². The average Bonchev–Trinajstić information content (AvgIpc) is 2.60. The molecule has 1 aromatic rings. The molecule has 0 aliphatic rings. The Labute approximate surface area is 159 Å². The van der Waals surface area contributed by atoms with E-state index in [-0.39, 0.29) is 0 Å². The van der Waals surface area contributed by atoms with Gasteiger partial charge in [-0.3, -0.25) is 0 Å². The minimum Gasteiger partial charge on any atom is -0.459 e. The van der Waals surface area contributed by atoms with Gasteiger partial charge in [0.2, 0.25) is 0 Å². The van der Waals surface area contributed by atoms with Crippen molar-refractivity contribution in [1.82, 2.24) is 0 Å². The summed E-state index contributed by atoms with van der Waals surface area (Å²) in [6.45, 7) is 4.10. The lowest BCUT2D eigenvalue weighted by Gasteiger charge is -2.18. The molecular formula is C21H30F4O2. The third-order valence-corrected chi connectivity index (χ3v) is 4.53. The van der Waals surface area contributed by atoms with Crippen molar-refractivity contribution < 1.29 is 27.1 Å². The number of hydrogen-bond acceptors (Lipinski definition) is 2. The number of alkyl halides is 3. The van der Waals surface area contributed by atoms with Crippen LogP contribution in [0.5, 0.6) is 0 Å². The van der Waals surface area contributed by atoms with Crippen molar-refractivity contribution in [3.63, 3.8) is 0 Å². The van der Waals surface area contributed by atoms with Gasteiger partial charge < -0.3 is 4.74 Å². The Morgan fingerprint density at radius 1 is 0.963 bits per heavy atom. The average molecular weight is 390 g/mol. The second-order valence-electron chi connectivity index (χ2n) is 6.92. The summed E-state index contributed by atoms with van der Waals surface area (Å²) in [5.74, 6) is -2.03. The number of carbonyl (C=O) groups is 1. The molecule has 27 heavy (non-hydrogen) atoms. The third kappa shape index (κ3) is 8.76. The zero-order valence-corrected chi connectivity index (χ0v) is 16.2. The molecule has 0 heterocycles. The topological polar surface area (TPSA) is 26.3 Å². The summed E-state index contributed by atoms with van der Waals surface area (Å²) >= 11 is 0. The first-order valence-electron chi connectivity index (χ1n) is 9.87. The molecule has 0 N–H and O–H groups in total. The molecule has 0 saturated heterocycles. The molecule has 0 spiro atoms. The van der Waals surface area contributed by atoms with E-state index in [1.165, 1.54) is 25.7 Å². The number of halogens is 4. The van der Waals surface area contributed by atoms with Gasteiger partial charge in [-0.15, -0.1) is 0 Å². The molecule has 0 aromatic heterocycles. The summed E-state index contributed by atoms with van der Waals surface area (Å²) < 4.78 is 57.5. The molecule has 2 nitrogen and oxygen atoms in total. The van der Waals surface area contributed by atoms with Crippen LogP contribution in [0.1, 0.15) is 94.0 Å². The van der Waals surface area contributed by atoms with Gasteiger partial charge in [-0.05, 0) is 37.5 Å². The van der Waals surface area contributed by atoms with Crippen molar-refractivity contribution in [2.45, 2.75) is 90.3 Å². The van der Waals surface area contributed by atoms with Crippen LogP contribution in [-0.4, -0.2) is 12.1 Å². The van der Waals surface area contributed by atoms with Gasteiger partial charge in [0.05, 0.1) is 11.1 Å². The summed E-state index contributed by atoms with van der Waals surface area (Å²) in [7, 11) is 0. The minimum atomic E-state index is -4.64. The molecule has 0 aliphatic heterocycles. The number of carbonyl (C=O) groups excluding carboxylic acids is 1. The lowest BCUT2D eigenvalue weighted by molar-refractivity contribution is -0.137. The molecule has 0 bridgehead atoms. The Balaban J connectivity index is 2.60. The smallest absolute Gasteiger partial charge is 0.416 e. The molecule has 0 aliphatic carbocycles. The quantitative estimate of drug-likeness (QED) is 0.212. The van der Waals surface area contributed by atoms with Crippen LogP contribution in [-0.2, 0) is 10.9 Å². The molecule has 1 aromatic carbocycles. The fourth-order valence-corrected chi connectivity index (χ4v) is 2.99. The zero-order valence-electron chi connectivity index (χ0n) is 16.2. The summed E-state index contributed by atoms with van der Waals surface area (Å²) in [5.41, 5.74) is -1.72. The van der Waals surface area contributed by atoms with Crippen LogP contribution in [0.15, 0.2) is 18.2 Å². The van der Waals surface area contributed by atoms with Crippen molar-refractivity contribution >= 4 is 5.97 Å². The van der Waals surface area contributed by atoms with Crippen LogP contribution in [0.2, 0.25) is 0 Å². The van der Waals surface area contributed by atoms with Crippen LogP contribution in [0.4, 0.5) is 17.6 Å². The molecule has 154 valence electrons. The highest BCUT2D eigenvalue weighted by atomic mass is 19.4. The molecular weight excluding hydrogens is 360 g/mol. The lowest BCUT2D eigenvalue weighted by atomic mass is 10.0. The van der Waals surface area contributed by atoms with E-state index < -0.39 is 35.2 Å². The molecule has 0 amide bonds. The largest absolute Gasteiger partial charge is 0.459 e. The van der Waals surface area contributed by atoms with E-state index in [1.807, 2.05) is 6.92 Å². The van der Waals surface area contributed by atoms with Crippen molar-refractivity contribution in [3.05, 3.63) is 35.1 Å². The standard InChI is InChI=1S/C21H30F4O2/c1-3-5-6-7-8-9-10-12-17(11-4-2)27-20(26)18-15-16(21(23,24)25)13-14-19(18)22/h13-15,17H,3-12H2,1-2H3. The molecule has 0 radical (unpaired) electrons. The van der Waals surface area contributed by atoms with Crippen LogP contribution in [0, 0.1) is 5.82 Å². The highest BCUT2D eigenvalue weighted by Gasteiger charge is 2.32. The normalized spacial score (nSPS) is 12.8. The predicted molar refractivity (Wildman–Crippen MR) is 98.1 cm³/mol. The van der Waals surface area contributed by atoms with Crippen LogP contribution < -0.4 is 0 Å². The van der Waals surface area contributed by atoms with Crippen LogP contribution in [0.3, 0.4) is 0 Å². The fourth-order valence-electron chi connectivity index (χ4n) is 2.99. The summed E-state index contributed by atoms with van der Waals surface area (Å²) in [5, 5.41) is 0. The van der Waals surface area contributed by atoms with Gasteiger partial charge >= 0.3 is 12.1 Å². The van der Waals surface area contributed by atoms with Gasteiger partial charge in [-0.25, -0.2) is 9.18 Å². The highest BCUT2D eigenvalue weighted by molar-refractivity contribution is 5.90.